The van der Waals surface area contributed by atoms with Crippen LogP contribution in [-0.2, 0) is 14.4 Å². The van der Waals surface area contributed by atoms with E-state index in [0.717, 1.165) is 0 Å². The van der Waals surface area contributed by atoms with Crippen molar-refractivity contribution in [1.29, 1.82) is 0 Å². The Morgan fingerprint density at radius 1 is 1.43 bits per heavy atom. The summed E-state index contributed by atoms with van der Waals surface area (Å²) in [5, 5.41) is 31.0. The zero-order valence-corrected chi connectivity index (χ0v) is 18.7. The Hall–Kier alpha value is 0.282. The Kier molecular flexibility index (Phi) is 9.22. The maximum absolute atomic E-state index is 12.5. The molecule has 1 aliphatic heterocycles. The number of nitrogens with one attached hydrogen (secondary N) is 2. The van der Waals surface area contributed by atoms with E-state index in [-0.39, 0.29) is 49.8 Å². The molecule has 1 aliphatic rings. The van der Waals surface area contributed by atoms with Crippen molar-refractivity contribution < 1.29 is 73.8 Å². The van der Waals surface area contributed by atoms with Crippen LogP contribution in [-0.4, -0.2) is 61.9 Å². The summed E-state index contributed by atoms with van der Waals surface area (Å²) in [7, 11) is 0. The summed E-state index contributed by atoms with van der Waals surface area (Å²) in [6.07, 6.45) is -2.75. The van der Waals surface area contributed by atoms with E-state index in [1.54, 1.807) is 13.8 Å². The number of aliphatic hydroxyl groups is 2. The quantitative estimate of drug-likeness (QED) is 0.347. The first-order chi connectivity index (χ1) is 10.1. The van der Waals surface area contributed by atoms with Crippen molar-refractivity contribution >= 4 is 28.8 Å². The van der Waals surface area contributed by atoms with Gasteiger partial charge in [0.2, 0.25) is 11.0 Å². The first-order valence-electron chi connectivity index (χ1n) is 6.85. The Morgan fingerprint density at radius 3 is 2.30 bits per heavy atom. The second-order valence-corrected chi connectivity index (χ2v) is 6.76. The maximum Gasteiger partial charge on any atom is 0.286 e. The molecular formula is C13H21AcN2O6S-. The van der Waals surface area contributed by atoms with Gasteiger partial charge in [0.1, 0.15) is 0 Å². The van der Waals surface area contributed by atoms with Gasteiger partial charge in [0.05, 0.1) is 18.1 Å². The Balaban J connectivity index is 0.00000484. The number of aliphatic hydroxyl groups excluding tert-OH is 2. The molecule has 1 rings (SSSR count). The minimum Gasteiger partial charge on any atom is -0.665 e. The fourth-order valence-electron chi connectivity index (χ4n) is 2.35. The second kappa shape index (κ2) is 9.11. The number of carbonyl (C=O) groups is 3. The molecule has 1 fully saturated rings. The molecule has 0 aromatic rings. The summed E-state index contributed by atoms with van der Waals surface area (Å²) in [6.45, 7) is 4.71. The predicted octanol–water partition coefficient (Wildman–Crippen LogP) is -0.366. The number of thioether (sulfide) groups is 1. The molecular weight excluding hydrogens is 539 g/mol. The van der Waals surface area contributed by atoms with Gasteiger partial charge in [-0.2, -0.15) is 0 Å². The SMILES string of the molecule is CC(C)[C@H](O)[C@@]1(C(=O)SC[C@H]([NH-])C(=O)O)NC(=O)[C@H](C)[C@@H]1O.[Ac]. The standard InChI is InChI=1S/C13H21N2O6S.Ac/c1-5(2)8(16)13(9(17)6(3)10(18)15-13)12(21)22-4-7(14)11(19)20;/h5-9,14,16-17H,4H2,1-3H3,(H,15,18)(H,19,20);/q-1;/t6-,7+,8+,9+,13-;/m1./s1. The second-order valence-electron chi connectivity index (χ2n) is 5.77. The minimum absolute atomic E-state index is 0. The van der Waals surface area contributed by atoms with Crippen LogP contribution in [0.1, 0.15) is 20.8 Å². The summed E-state index contributed by atoms with van der Waals surface area (Å²) in [6, 6.07) is -1.51. The Bertz CT molecular complexity index is 477. The van der Waals surface area contributed by atoms with Gasteiger partial charge in [-0.1, -0.05) is 32.5 Å². The van der Waals surface area contributed by atoms with Gasteiger partial charge in [-0.15, -0.1) is 0 Å². The molecule has 0 spiro atoms. The van der Waals surface area contributed by atoms with Crippen LogP contribution in [0.4, 0.5) is 0 Å². The Labute approximate surface area is 174 Å². The topological polar surface area (TPSA) is 148 Å². The van der Waals surface area contributed by atoms with Crippen LogP contribution in [0.3, 0.4) is 0 Å². The van der Waals surface area contributed by atoms with Crippen molar-refractivity contribution in [2.75, 3.05) is 5.75 Å². The van der Waals surface area contributed by atoms with E-state index in [1.807, 2.05) is 0 Å². The maximum atomic E-state index is 12.5. The molecule has 0 aromatic carbocycles. The summed E-state index contributed by atoms with van der Waals surface area (Å²) in [5.74, 6) is -3.55. The summed E-state index contributed by atoms with van der Waals surface area (Å²) < 4.78 is 0. The monoisotopic (exact) mass is 560 g/mol. The number of aliphatic carboxylic acids is 1. The molecule has 129 valence electrons. The molecule has 1 heterocycles. The molecule has 1 saturated heterocycles. The van der Waals surface area contributed by atoms with Crippen molar-refractivity contribution in [3.8, 4) is 0 Å². The van der Waals surface area contributed by atoms with Gasteiger partial charge in [0.15, 0.2) is 5.54 Å². The molecule has 0 aromatic heterocycles. The number of carboxylic acids is 1. The molecule has 5 atom stereocenters. The third-order valence-electron chi connectivity index (χ3n) is 3.80. The van der Waals surface area contributed by atoms with Crippen LogP contribution >= 0.6 is 11.8 Å². The zero-order chi connectivity index (χ0) is 17.2. The number of carbonyl (C=O) groups excluding carboxylic acids is 2. The molecule has 8 nitrogen and oxygen atoms in total. The average molecular weight is 560 g/mol. The van der Waals surface area contributed by atoms with Crippen LogP contribution in [0.2, 0.25) is 0 Å². The average Bonchev–Trinajstić information content (AvgIpc) is 2.68. The van der Waals surface area contributed by atoms with E-state index in [0.29, 0.717) is 11.8 Å². The van der Waals surface area contributed by atoms with E-state index >= 15 is 0 Å². The first-order valence-corrected chi connectivity index (χ1v) is 7.83. The van der Waals surface area contributed by atoms with Crippen LogP contribution < -0.4 is 5.32 Å². The van der Waals surface area contributed by atoms with Gasteiger partial charge in [-0.3, -0.25) is 14.4 Å². The first kappa shape index (κ1) is 23.3. The van der Waals surface area contributed by atoms with Gasteiger partial charge < -0.3 is 26.4 Å². The number of amides is 1. The fraction of sp³-hybridized carbons (Fsp3) is 0.769. The van der Waals surface area contributed by atoms with E-state index in [4.69, 9.17) is 10.8 Å². The minimum atomic E-state index is -1.88. The molecule has 0 bridgehead atoms. The van der Waals surface area contributed by atoms with E-state index in [1.165, 1.54) is 6.92 Å². The largest absolute Gasteiger partial charge is 0.665 e. The number of carboxylic acid groups (broad SMARTS) is 1. The Morgan fingerprint density at radius 2 is 1.96 bits per heavy atom. The molecule has 23 heavy (non-hydrogen) atoms. The molecule has 5 N–H and O–H groups in total. The normalized spacial score (nSPS) is 29.6. The van der Waals surface area contributed by atoms with Crippen LogP contribution in [0.15, 0.2) is 0 Å². The van der Waals surface area contributed by atoms with Gasteiger partial charge in [0, 0.05) is 44.1 Å². The molecule has 10 heteroatoms. The van der Waals surface area contributed by atoms with Crippen molar-refractivity contribution in [1.82, 2.24) is 5.32 Å². The summed E-state index contributed by atoms with van der Waals surface area (Å²) in [4.78, 5) is 34.9. The molecule has 1 amide bonds. The fourth-order valence-corrected chi connectivity index (χ4v) is 3.34. The van der Waals surface area contributed by atoms with Gasteiger partial charge in [0.25, 0.3) is 5.97 Å². The van der Waals surface area contributed by atoms with E-state index in [9.17, 15) is 24.6 Å². The van der Waals surface area contributed by atoms with Crippen LogP contribution in [0.5, 0.6) is 0 Å². The smallest absolute Gasteiger partial charge is 0.286 e. The molecule has 0 saturated carbocycles. The predicted molar refractivity (Wildman–Crippen MR) is 80.1 cm³/mol. The third-order valence-corrected chi connectivity index (χ3v) is 4.90. The molecule has 1 radical (unpaired) electrons. The van der Waals surface area contributed by atoms with Gasteiger partial charge in [-0.25, -0.2) is 0 Å². The third kappa shape index (κ3) is 4.67. The number of hydrogen-bond donors (Lipinski definition) is 4. The van der Waals surface area contributed by atoms with Gasteiger partial charge >= 0.3 is 0 Å². The summed E-state index contributed by atoms with van der Waals surface area (Å²) in [5.41, 5.74) is 5.41. The van der Waals surface area contributed by atoms with Crippen LogP contribution in [0.25, 0.3) is 5.73 Å². The van der Waals surface area contributed by atoms with Crippen molar-refractivity contribution in [3.05, 3.63) is 5.73 Å². The van der Waals surface area contributed by atoms with Crippen LogP contribution in [0, 0.1) is 55.9 Å². The zero-order valence-electron chi connectivity index (χ0n) is 13.1. The number of hydrogen-bond acceptors (Lipinski definition) is 6. The molecule has 0 aliphatic carbocycles. The van der Waals surface area contributed by atoms with Crippen molar-refractivity contribution in [2.24, 2.45) is 11.8 Å². The van der Waals surface area contributed by atoms with Gasteiger partial charge in [-0.05, 0) is 17.7 Å². The number of rotatable bonds is 6. The van der Waals surface area contributed by atoms with E-state index in [2.05, 4.69) is 5.32 Å². The summed E-state index contributed by atoms with van der Waals surface area (Å²) >= 11 is 0.521. The van der Waals surface area contributed by atoms with Crippen molar-refractivity contribution in [3.63, 3.8) is 0 Å². The van der Waals surface area contributed by atoms with E-state index < -0.39 is 52.6 Å². The van der Waals surface area contributed by atoms with Crippen molar-refractivity contribution in [2.45, 2.75) is 44.6 Å². The molecule has 0 unspecified atom stereocenters.